The van der Waals surface area contributed by atoms with Gasteiger partial charge in [0.15, 0.2) is 0 Å². The summed E-state index contributed by atoms with van der Waals surface area (Å²) in [6.45, 7) is 1.97. The minimum Gasteiger partial charge on any atom is -0.481 e. The van der Waals surface area contributed by atoms with Crippen LogP contribution >= 0.6 is 0 Å². The normalized spacial score (nSPS) is 12.8. The molecule has 37 heavy (non-hydrogen) atoms. The number of carbonyl (C=O) groups excluding carboxylic acids is 3. The maximum absolute atomic E-state index is 12.7. The van der Waals surface area contributed by atoms with Gasteiger partial charge in [0.05, 0.1) is 18.9 Å². The zero-order chi connectivity index (χ0) is 26.4. The fourth-order valence-electron chi connectivity index (χ4n) is 4.31. The topological polar surface area (TPSA) is 128 Å². The van der Waals surface area contributed by atoms with E-state index < -0.39 is 12.0 Å². The number of aliphatic carboxylic acids is 1. The number of hydrogen-bond donors (Lipinski definition) is 4. The molecule has 9 nitrogen and oxygen atoms in total. The van der Waals surface area contributed by atoms with Crippen LogP contribution in [0.15, 0.2) is 72.8 Å². The Morgan fingerprint density at radius 3 is 2.22 bits per heavy atom. The molecule has 0 aliphatic carbocycles. The predicted molar refractivity (Wildman–Crippen MR) is 141 cm³/mol. The molecule has 4 amide bonds. The van der Waals surface area contributed by atoms with Gasteiger partial charge in [-0.3, -0.25) is 19.3 Å². The Hall–Kier alpha value is -4.66. The summed E-state index contributed by atoms with van der Waals surface area (Å²) in [4.78, 5) is 49.4. The standard InChI is InChI=1S/C28H28N4O5/c1-18(33)29-24(17-27(35)36)20-8-12-22(13-9-20)30-26(34)16-19-6-10-23(11-7-19)31-28(37)32-15-14-21-4-2-3-5-25(21)32/h2-13,24H,14-17H2,1H3,(H,29,33)(H,30,34)(H,31,37)(H,35,36)/t24-/m0/s1. The van der Waals surface area contributed by atoms with Gasteiger partial charge in [0, 0.05) is 30.5 Å². The number of anilines is 3. The van der Waals surface area contributed by atoms with E-state index in [0.717, 1.165) is 23.2 Å². The molecule has 1 aliphatic rings. The van der Waals surface area contributed by atoms with Crippen LogP contribution in [0.4, 0.5) is 21.9 Å². The van der Waals surface area contributed by atoms with E-state index >= 15 is 0 Å². The Kier molecular flexibility index (Phi) is 7.83. The van der Waals surface area contributed by atoms with Crippen molar-refractivity contribution in [2.75, 3.05) is 22.1 Å². The highest BCUT2D eigenvalue weighted by atomic mass is 16.4. The molecule has 0 saturated heterocycles. The molecule has 4 rings (SSSR count). The number of urea groups is 1. The summed E-state index contributed by atoms with van der Waals surface area (Å²) in [5, 5.41) is 17.4. The number of fused-ring (bicyclic) bond motifs is 1. The van der Waals surface area contributed by atoms with E-state index in [0.29, 0.717) is 23.5 Å². The lowest BCUT2D eigenvalue weighted by Crippen LogP contribution is -2.33. The van der Waals surface area contributed by atoms with Crippen LogP contribution < -0.4 is 20.9 Å². The first-order valence-electron chi connectivity index (χ1n) is 11.9. The van der Waals surface area contributed by atoms with E-state index in [-0.39, 0.29) is 30.7 Å². The van der Waals surface area contributed by atoms with E-state index in [9.17, 15) is 19.2 Å². The molecule has 0 unspecified atom stereocenters. The summed E-state index contributed by atoms with van der Waals surface area (Å²) >= 11 is 0. The number of nitrogens with one attached hydrogen (secondary N) is 3. The van der Waals surface area contributed by atoms with Crippen LogP contribution in [0.2, 0.25) is 0 Å². The van der Waals surface area contributed by atoms with Crippen molar-refractivity contribution >= 4 is 40.9 Å². The number of para-hydroxylation sites is 1. The van der Waals surface area contributed by atoms with Crippen LogP contribution in [-0.4, -0.2) is 35.5 Å². The molecule has 0 aromatic heterocycles. The lowest BCUT2D eigenvalue weighted by molar-refractivity contribution is -0.137. The van der Waals surface area contributed by atoms with E-state index in [4.69, 9.17) is 5.11 Å². The minimum absolute atomic E-state index is 0.142. The molecule has 3 aromatic rings. The molecule has 3 aromatic carbocycles. The van der Waals surface area contributed by atoms with E-state index in [1.807, 2.05) is 24.3 Å². The number of amides is 4. The molecule has 9 heteroatoms. The van der Waals surface area contributed by atoms with Gasteiger partial charge in [-0.2, -0.15) is 0 Å². The van der Waals surface area contributed by atoms with Crippen molar-refractivity contribution in [3.63, 3.8) is 0 Å². The average Bonchev–Trinajstić information content (AvgIpc) is 3.29. The molecule has 0 bridgehead atoms. The fourth-order valence-corrected chi connectivity index (χ4v) is 4.31. The Bertz CT molecular complexity index is 1290. The van der Waals surface area contributed by atoms with Crippen molar-refractivity contribution in [3.8, 4) is 0 Å². The highest BCUT2D eigenvalue weighted by Gasteiger charge is 2.24. The summed E-state index contributed by atoms with van der Waals surface area (Å²) in [5.74, 6) is -1.57. The predicted octanol–water partition coefficient (Wildman–Crippen LogP) is 4.11. The van der Waals surface area contributed by atoms with Gasteiger partial charge in [0.2, 0.25) is 11.8 Å². The second kappa shape index (κ2) is 11.4. The molecule has 0 spiro atoms. The molecule has 190 valence electrons. The summed E-state index contributed by atoms with van der Waals surface area (Å²) < 4.78 is 0. The van der Waals surface area contributed by atoms with Crippen molar-refractivity contribution in [3.05, 3.63) is 89.5 Å². The maximum atomic E-state index is 12.7. The van der Waals surface area contributed by atoms with Crippen LogP contribution in [0.25, 0.3) is 0 Å². The lowest BCUT2D eigenvalue weighted by Gasteiger charge is -2.18. The molecule has 0 saturated carbocycles. The molecular formula is C28H28N4O5. The van der Waals surface area contributed by atoms with Crippen LogP contribution in [0.5, 0.6) is 0 Å². The maximum Gasteiger partial charge on any atom is 0.326 e. The van der Waals surface area contributed by atoms with Gasteiger partial charge in [-0.15, -0.1) is 0 Å². The van der Waals surface area contributed by atoms with Crippen LogP contribution in [0.3, 0.4) is 0 Å². The number of rotatable bonds is 8. The Morgan fingerprint density at radius 2 is 1.54 bits per heavy atom. The highest BCUT2D eigenvalue weighted by Crippen LogP contribution is 2.28. The molecule has 1 aliphatic heterocycles. The summed E-state index contributed by atoms with van der Waals surface area (Å²) in [5.41, 5.74) is 4.69. The highest BCUT2D eigenvalue weighted by molar-refractivity contribution is 6.03. The smallest absolute Gasteiger partial charge is 0.326 e. The number of nitrogens with zero attached hydrogens (tertiary/aromatic N) is 1. The van der Waals surface area contributed by atoms with Crippen molar-refractivity contribution in [2.24, 2.45) is 0 Å². The van der Waals surface area contributed by atoms with Crippen LogP contribution in [0, 0.1) is 0 Å². The molecule has 1 heterocycles. The van der Waals surface area contributed by atoms with Crippen molar-refractivity contribution in [1.29, 1.82) is 0 Å². The van der Waals surface area contributed by atoms with Crippen LogP contribution in [0.1, 0.15) is 36.1 Å². The third kappa shape index (κ3) is 6.72. The third-order valence-corrected chi connectivity index (χ3v) is 6.06. The van der Waals surface area contributed by atoms with E-state index in [2.05, 4.69) is 16.0 Å². The monoisotopic (exact) mass is 500 g/mol. The molecule has 0 radical (unpaired) electrons. The number of carbonyl (C=O) groups is 4. The van der Waals surface area contributed by atoms with E-state index in [1.165, 1.54) is 6.92 Å². The minimum atomic E-state index is -1.02. The number of carboxylic acid groups (broad SMARTS) is 1. The summed E-state index contributed by atoms with van der Waals surface area (Å²) in [6, 6.07) is 20.8. The SMILES string of the molecule is CC(=O)N[C@@H](CC(=O)O)c1ccc(NC(=O)Cc2ccc(NC(=O)N3CCc4ccccc43)cc2)cc1. The molecular weight excluding hydrogens is 472 g/mol. The zero-order valence-electron chi connectivity index (χ0n) is 20.4. The third-order valence-electron chi connectivity index (χ3n) is 6.06. The molecule has 4 N–H and O–H groups in total. The molecule has 1 atom stereocenters. The second-order valence-electron chi connectivity index (χ2n) is 8.86. The number of benzene rings is 3. The van der Waals surface area contributed by atoms with Crippen LogP contribution in [-0.2, 0) is 27.2 Å². The Labute approximate surface area is 214 Å². The molecule has 0 fully saturated rings. The average molecular weight is 501 g/mol. The first-order chi connectivity index (χ1) is 17.8. The van der Waals surface area contributed by atoms with Gasteiger partial charge in [-0.05, 0) is 53.4 Å². The van der Waals surface area contributed by atoms with Crippen molar-refractivity contribution in [2.45, 2.75) is 32.2 Å². The van der Waals surface area contributed by atoms with Crippen molar-refractivity contribution < 1.29 is 24.3 Å². The first kappa shape index (κ1) is 25.4. The van der Waals surface area contributed by atoms with Gasteiger partial charge in [-0.25, -0.2) is 4.79 Å². The van der Waals surface area contributed by atoms with Gasteiger partial charge in [0.25, 0.3) is 0 Å². The summed E-state index contributed by atoms with van der Waals surface area (Å²) in [7, 11) is 0. The quantitative estimate of drug-likeness (QED) is 0.370. The van der Waals surface area contributed by atoms with Gasteiger partial charge in [-0.1, -0.05) is 42.5 Å². The second-order valence-corrected chi connectivity index (χ2v) is 8.86. The van der Waals surface area contributed by atoms with E-state index in [1.54, 1.807) is 53.4 Å². The summed E-state index contributed by atoms with van der Waals surface area (Å²) in [6.07, 6.45) is 0.731. The Balaban J connectivity index is 1.30. The van der Waals surface area contributed by atoms with Gasteiger partial charge < -0.3 is 21.1 Å². The number of hydrogen-bond acceptors (Lipinski definition) is 4. The fraction of sp³-hybridized carbons (Fsp3) is 0.214. The first-order valence-corrected chi connectivity index (χ1v) is 11.9. The van der Waals surface area contributed by atoms with Gasteiger partial charge in [0.1, 0.15) is 0 Å². The van der Waals surface area contributed by atoms with Gasteiger partial charge >= 0.3 is 12.0 Å². The largest absolute Gasteiger partial charge is 0.481 e. The lowest BCUT2D eigenvalue weighted by atomic mass is 10.0. The number of carboxylic acids is 1. The Morgan fingerprint density at radius 1 is 0.892 bits per heavy atom. The van der Waals surface area contributed by atoms with Crippen molar-refractivity contribution in [1.82, 2.24) is 5.32 Å². The zero-order valence-corrected chi connectivity index (χ0v) is 20.4.